The Hall–Kier alpha value is -1.26. The van der Waals surface area contributed by atoms with E-state index in [-0.39, 0.29) is 11.1 Å². The summed E-state index contributed by atoms with van der Waals surface area (Å²) in [5.41, 5.74) is 8.24. The summed E-state index contributed by atoms with van der Waals surface area (Å²) in [6.07, 6.45) is 0. The van der Waals surface area contributed by atoms with Crippen LogP contribution < -0.4 is 5.73 Å². The molecule has 0 spiro atoms. The second kappa shape index (κ2) is 5.39. The highest BCUT2D eigenvalue weighted by molar-refractivity contribution is 9.10. The van der Waals surface area contributed by atoms with Crippen molar-refractivity contribution in [2.45, 2.75) is 19.9 Å². The standard InChI is InChI=1S/C15H14BrF2N/c1-8-3-5-10(16)7-12(8)15(19)11-6-4-9(2)13(17)14(11)18/h3-7,15H,19H2,1-2H3. The van der Waals surface area contributed by atoms with Gasteiger partial charge in [0.2, 0.25) is 0 Å². The van der Waals surface area contributed by atoms with Crippen LogP contribution in [-0.4, -0.2) is 0 Å². The van der Waals surface area contributed by atoms with Crippen molar-refractivity contribution < 1.29 is 8.78 Å². The van der Waals surface area contributed by atoms with Gasteiger partial charge in [0.15, 0.2) is 11.6 Å². The van der Waals surface area contributed by atoms with Gasteiger partial charge >= 0.3 is 0 Å². The molecule has 1 unspecified atom stereocenters. The Morgan fingerprint density at radius 2 is 1.58 bits per heavy atom. The summed E-state index contributed by atoms with van der Waals surface area (Å²) in [5, 5.41) is 0. The molecule has 19 heavy (non-hydrogen) atoms. The van der Waals surface area contributed by atoms with Crippen molar-refractivity contribution in [1.29, 1.82) is 0 Å². The third-order valence-corrected chi connectivity index (χ3v) is 3.71. The van der Waals surface area contributed by atoms with E-state index in [1.165, 1.54) is 6.92 Å². The first-order valence-corrected chi connectivity index (χ1v) is 6.67. The molecule has 100 valence electrons. The van der Waals surface area contributed by atoms with Crippen LogP contribution in [0.5, 0.6) is 0 Å². The van der Waals surface area contributed by atoms with Gasteiger partial charge in [-0.05, 0) is 42.7 Å². The number of rotatable bonds is 2. The monoisotopic (exact) mass is 325 g/mol. The molecule has 2 aromatic rings. The van der Waals surface area contributed by atoms with E-state index in [2.05, 4.69) is 15.9 Å². The van der Waals surface area contributed by atoms with Gasteiger partial charge in [-0.3, -0.25) is 0 Å². The van der Waals surface area contributed by atoms with Crippen LogP contribution in [0.3, 0.4) is 0 Å². The average Bonchev–Trinajstić information content (AvgIpc) is 2.38. The van der Waals surface area contributed by atoms with Crippen molar-refractivity contribution in [3.05, 3.63) is 68.7 Å². The molecule has 4 heteroatoms. The van der Waals surface area contributed by atoms with Crippen LogP contribution >= 0.6 is 15.9 Å². The lowest BCUT2D eigenvalue weighted by molar-refractivity contribution is 0.489. The Labute approximate surface area is 119 Å². The van der Waals surface area contributed by atoms with Gasteiger partial charge in [0, 0.05) is 10.0 Å². The van der Waals surface area contributed by atoms with Gasteiger partial charge in [-0.2, -0.15) is 0 Å². The third-order valence-electron chi connectivity index (χ3n) is 3.22. The predicted molar refractivity (Wildman–Crippen MR) is 76.0 cm³/mol. The zero-order valence-electron chi connectivity index (χ0n) is 10.7. The summed E-state index contributed by atoms with van der Waals surface area (Å²) in [4.78, 5) is 0. The second-order valence-electron chi connectivity index (χ2n) is 4.58. The molecule has 1 atom stereocenters. The zero-order chi connectivity index (χ0) is 14.2. The Kier molecular flexibility index (Phi) is 4.02. The Balaban J connectivity index is 2.53. The Morgan fingerprint density at radius 3 is 2.26 bits per heavy atom. The summed E-state index contributed by atoms with van der Waals surface area (Å²) >= 11 is 3.36. The normalized spacial score (nSPS) is 12.5. The minimum Gasteiger partial charge on any atom is -0.320 e. The molecule has 0 heterocycles. The Bertz CT molecular complexity index is 626. The van der Waals surface area contributed by atoms with E-state index in [1.54, 1.807) is 12.1 Å². The van der Waals surface area contributed by atoms with Crippen LogP contribution in [-0.2, 0) is 0 Å². The van der Waals surface area contributed by atoms with E-state index < -0.39 is 17.7 Å². The van der Waals surface area contributed by atoms with E-state index >= 15 is 0 Å². The molecule has 0 aliphatic carbocycles. The van der Waals surface area contributed by atoms with E-state index in [9.17, 15) is 8.78 Å². The highest BCUT2D eigenvalue weighted by atomic mass is 79.9. The molecule has 0 bridgehead atoms. The smallest absolute Gasteiger partial charge is 0.164 e. The molecular formula is C15H14BrF2N. The lowest BCUT2D eigenvalue weighted by Gasteiger charge is -2.17. The molecule has 2 rings (SSSR count). The van der Waals surface area contributed by atoms with E-state index in [0.29, 0.717) is 0 Å². The number of aryl methyl sites for hydroxylation is 2. The minimum atomic E-state index is -0.869. The van der Waals surface area contributed by atoms with Gasteiger partial charge in [-0.15, -0.1) is 0 Å². The number of benzene rings is 2. The second-order valence-corrected chi connectivity index (χ2v) is 5.49. The minimum absolute atomic E-state index is 0.171. The van der Waals surface area contributed by atoms with Crippen LogP contribution in [0.25, 0.3) is 0 Å². The lowest BCUT2D eigenvalue weighted by atomic mass is 9.94. The van der Waals surface area contributed by atoms with Crippen molar-refractivity contribution in [2.24, 2.45) is 5.73 Å². The van der Waals surface area contributed by atoms with E-state index in [1.807, 2.05) is 25.1 Å². The van der Waals surface area contributed by atoms with Crippen LogP contribution in [0.1, 0.15) is 28.3 Å². The van der Waals surface area contributed by atoms with Crippen LogP contribution in [0.4, 0.5) is 8.78 Å². The maximum absolute atomic E-state index is 14.0. The van der Waals surface area contributed by atoms with Crippen molar-refractivity contribution >= 4 is 15.9 Å². The highest BCUT2D eigenvalue weighted by Gasteiger charge is 2.19. The molecule has 2 aromatic carbocycles. The maximum atomic E-state index is 14.0. The summed E-state index contributed by atoms with van der Waals surface area (Å²) in [6.45, 7) is 3.42. The van der Waals surface area contributed by atoms with Gasteiger partial charge in [0.25, 0.3) is 0 Å². The highest BCUT2D eigenvalue weighted by Crippen LogP contribution is 2.28. The number of halogens is 3. The van der Waals surface area contributed by atoms with E-state index in [4.69, 9.17) is 5.73 Å². The molecule has 0 aromatic heterocycles. The van der Waals surface area contributed by atoms with Crippen LogP contribution in [0.2, 0.25) is 0 Å². The topological polar surface area (TPSA) is 26.0 Å². The summed E-state index contributed by atoms with van der Waals surface area (Å²) < 4.78 is 28.4. The van der Waals surface area contributed by atoms with Crippen molar-refractivity contribution in [2.75, 3.05) is 0 Å². The first-order chi connectivity index (χ1) is 8.91. The number of hydrogen-bond donors (Lipinski definition) is 1. The lowest BCUT2D eigenvalue weighted by Crippen LogP contribution is -2.16. The summed E-state index contributed by atoms with van der Waals surface area (Å²) in [5.74, 6) is -1.70. The van der Waals surface area contributed by atoms with Crippen molar-refractivity contribution in [3.63, 3.8) is 0 Å². The summed E-state index contributed by atoms with van der Waals surface area (Å²) in [7, 11) is 0. The van der Waals surface area contributed by atoms with Gasteiger partial charge in [0.05, 0.1) is 6.04 Å². The molecule has 0 saturated heterocycles. The molecule has 0 aliphatic heterocycles. The molecule has 0 saturated carbocycles. The molecule has 0 aliphatic rings. The van der Waals surface area contributed by atoms with Crippen molar-refractivity contribution in [1.82, 2.24) is 0 Å². The molecule has 1 nitrogen and oxygen atoms in total. The van der Waals surface area contributed by atoms with Gasteiger partial charge in [-0.1, -0.05) is 34.1 Å². The average molecular weight is 326 g/mol. The van der Waals surface area contributed by atoms with Crippen LogP contribution in [0, 0.1) is 25.5 Å². The first kappa shape index (κ1) is 14.2. The van der Waals surface area contributed by atoms with Gasteiger partial charge in [-0.25, -0.2) is 8.78 Å². The molecule has 0 fully saturated rings. The molecule has 2 N–H and O–H groups in total. The van der Waals surface area contributed by atoms with E-state index in [0.717, 1.165) is 15.6 Å². The number of nitrogens with two attached hydrogens (primary N) is 1. The fourth-order valence-electron chi connectivity index (χ4n) is 2.02. The van der Waals surface area contributed by atoms with Crippen molar-refractivity contribution in [3.8, 4) is 0 Å². The van der Waals surface area contributed by atoms with Gasteiger partial charge < -0.3 is 5.73 Å². The molecular weight excluding hydrogens is 312 g/mol. The first-order valence-electron chi connectivity index (χ1n) is 5.88. The SMILES string of the molecule is Cc1ccc(Br)cc1C(N)c1ccc(C)c(F)c1F. The Morgan fingerprint density at radius 1 is 0.947 bits per heavy atom. The largest absolute Gasteiger partial charge is 0.320 e. The fraction of sp³-hybridized carbons (Fsp3) is 0.200. The predicted octanol–water partition coefficient (Wildman–Crippen LogP) is 4.39. The molecule has 0 radical (unpaired) electrons. The summed E-state index contributed by atoms with van der Waals surface area (Å²) in [6, 6.07) is 8.00. The van der Waals surface area contributed by atoms with Gasteiger partial charge in [0.1, 0.15) is 0 Å². The quantitative estimate of drug-likeness (QED) is 0.870. The maximum Gasteiger partial charge on any atom is 0.164 e. The number of hydrogen-bond acceptors (Lipinski definition) is 1. The third kappa shape index (κ3) is 2.69. The van der Waals surface area contributed by atoms with Crippen LogP contribution in [0.15, 0.2) is 34.8 Å². The fourth-order valence-corrected chi connectivity index (χ4v) is 2.39. The molecule has 0 amide bonds. The zero-order valence-corrected chi connectivity index (χ0v) is 12.3.